The molecule has 0 bridgehead atoms. The maximum atomic E-state index is 13.3. The maximum Gasteiger partial charge on any atom is 0.294 e. The second kappa shape index (κ2) is 10.4. The molecule has 0 saturated carbocycles. The van der Waals surface area contributed by atoms with Crippen LogP contribution in [0.25, 0.3) is 10.4 Å². The third kappa shape index (κ3) is 4.85. The number of aryl methyl sites for hydroxylation is 1. The third-order valence-corrected chi connectivity index (χ3v) is 6.84. The van der Waals surface area contributed by atoms with Gasteiger partial charge in [0.25, 0.3) is 5.91 Å². The lowest BCUT2D eigenvalue weighted by Gasteiger charge is -2.28. The van der Waals surface area contributed by atoms with Crippen molar-refractivity contribution >= 4 is 28.7 Å². The van der Waals surface area contributed by atoms with Crippen LogP contribution in [0.5, 0.6) is 5.88 Å². The van der Waals surface area contributed by atoms with E-state index < -0.39 is 23.6 Å². The van der Waals surface area contributed by atoms with Crippen LogP contribution in [0, 0.1) is 12.8 Å². The number of carbonyl (C=O) groups is 2. The van der Waals surface area contributed by atoms with Crippen LogP contribution in [-0.4, -0.2) is 42.1 Å². The zero-order valence-electron chi connectivity index (χ0n) is 20.1. The fraction of sp³-hybridized carbons (Fsp3) is 0.296. The zero-order chi connectivity index (χ0) is 25.1. The van der Waals surface area contributed by atoms with Crippen molar-refractivity contribution in [2.24, 2.45) is 5.92 Å². The van der Waals surface area contributed by atoms with E-state index in [1.54, 1.807) is 50.6 Å². The number of amides is 1. The number of aromatic nitrogens is 1. The van der Waals surface area contributed by atoms with Crippen LogP contribution in [-0.2, 0) is 14.3 Å². The number of ketones is 1. The van der Waals surface area contributed by atoms with Gasteiger partial charge in [-0.3, -0.25) is 14.5 Å². The van der Waals surface area contributed by atoms with E-state index in [2.05, 4.69) is 24.0 Å². The number of aliphatic hydroxyl groups is 1. The minimum atomic E-state index is -0.876. The standard InChI is InChI=1S/C27H28N2O5S/c1-16(2)24(30)22-23(20-6-5-13-28-26(20)34-15-14-33-4)29(27(32)25(22)31)19-10-8-18(9-11-19)21-12-7-17(3)35-21/h5-13,16,23,31H,14-15H2,1-4H3. The van der Waals surface area contributed by atoms with Crippen molar-refractivity contribution in [1.82, 2.24) is 4.98 Å². The second-order valence-corrected chi connectivity index (χ2v) is 9.84. The lowest BCUT2D eigenvalue weighted by atomic mass is 9.91. The number of benzene rings is 1. The van der Waals surface area contributed by atoms with E-state index >= 15 is 0 Å². The van der Waals surface area contributed by atoms with E-state index in [0.717, 1.165) is 10.4 Å². The monoisotopic (exact) mass is 492 g/mol. The molecule has 2 aromatic heterocycles. The normalized spacial score (nSPS) is 15.9. The first-order valence-electron chi connectivity index (χ1n) is 11.4. The topological polar surface area (TPSA) is 89.0 Å². The fourth-order valence-electron chi connectivity index (χ4n) is 4.06. The Bertz CT molecular complexity index is 1260. The molecule has 1 aliphatic rings. The van der Waals surface area contributed by atoms with E-state index in [1.807, 2.05) is 24.3 Å². The van der Waals surface area contributed by atoms with Crippen molar-refractivity contribution in [3.63, 3.8) is 0 Å². The minimum absolute atomic E-state index is 0.0487. The molecule has 1 aromatic carbocycles. The van der Waals surface area contributed by atoms with Gasteiger partial charge in [-0.2, -0.15) is 0 Å². The first-order chi connectivity index (χ1) is 16.8. The van der Waals surface area contributed by atoms with Gasteiger partial charge in [-0.25, -0.2) is 4.98 Å². The summed E-state index contributed by atoms with van der Waals surface area (Å²) in [5, 5.41) is 10.9. The van der Waals surface area contributed by atoms with Gasteiger partial charge in [-0.05, 0) is 48.9 Å². The average molecular weight is 493 g/mol. The van der Waals surface area contributed by atoms with E-state index in [-0.39, 0.29) is 23.8 Å². The van der Waals surface area contributed by atoms with Crippen molar-refractivity contribution in [2.75, 3.05) is 25.2 Å². The Hall–Kier alpha value is -3.49. The fourth-order valence-corrected chi connectivity index (χ4v) is 4.93. The molecule has 35 heavy (non-hydrogen) atoms. The molecule has 182 valence electrons. The van der Waals surface area contributed by atoms with E-state index in [0.29, 0.717) is 17.9 Å². The Morgan fingerprint density at radius 2 is 1.89 bits per heavy atom. The highest BCUT2D eigenvalue weighted by Crippen LogP contribution is 2.44. The van der Waals surface area contributed by atoms with Crippen molar-refractivity contribution in [3.05, 3.63) is 76.5 Å². The van der Waals surface area contributed by atoms with Crippen molar-refractivity contribution in [3.8, 4) is 16.3 Å². The third-order valence-electron chi connectivity index (χ3n) is 5.79. The Morgan fingerprint density at radius 1 is 1.14 bits per heavy atom. The Labute approximate surface area is 208 Å². The molecule has 3 aromatic rings. The molecule has 0 aliphatic carbocycles. The molecular weight excluding hydrogens is 464 g/mol. The number of aliphatic hydroxyl groups excluding tert-OH is 1. The maximum absolute atomic E-state index is 13.3. The first kappa shape index (κ1) is 24.6. The Morgan fingerprint density at radius 3 is 2.51 bits per heavy atom. The van der Waals surface area contributed by atoms with Crippen LogP contribution in [0.4, 0.5) is 5.69 Å². The van der Waals surface area contributed by atoms with Gasteiger partial charge in [0, 0.05) is 40.2 Å². The van der Waals surface area contributed by atoms with Crippen LogP contribution in [0.1, 0.15) is 30.3 Å². The molecule has 7 nitrogen and oxygen atoms in total. The predicted molar refractivity (Wildman–Crippen MR) is 136 cm³/mol. The number of nitrogens with zero attached hydrogens (tertiary/aromatic N) is 2. The molecular formula is C27H28N2O5S. The SMILES string of the molecule is COCCOc1ncccc1C1C(C(=O)C(C)C)=C(O)C(=O)N1c1ccc(-c2ccc(C)s2)cc1. The van der Waals surface area contributed by atoms with Crippen LogP contribution in [0.15, 0.2) is 66.1 Å². The van der Waals surface area contributed by atoms with Gasteiger partial charge >= 0.3 is 0 Å². The molecule has 4 rings (SSSR count). The lowest BCUT2D eigenvalue weighted by molar-refractivity contribution is -0.119. The van der Waals surface area contributed by atoms with Crippen LogP contribution < -0.4 is 9.64 Å². The van der Waals surface area contributed by atoms with E-state index in [4.69, 9.17) is 9.47 Å². The summed E-state index contributed by atoms with van der Waals surface area (Å²) in [7, 11) is 1.57. The molecule has 0 spiro atoms. The molecule has 1 aliphatic heterocycles. The van der Waals surface area contributed by atoms with Crippen molar-refractivity contribution in [2.45, 2.75) is 26.8 Å². The summed E-state index contributed by atoms with van der Waals surface area (Å²) >= 11 is 1.69. The molecule has 0 fully saturated rings. The molecule has 1 N–H and O–H groups in total. The quantitative estimate of drug-likeness (QED) is 0.410. The largest absolute Gasteiger partial charge is 0.503 e. The summed E-state index contributed by atoms with van der Waals surface area (Å²) in [5.74, 6) is -1.62. The van der Waals surface area contributed by atoms with Crippen molar-refractivity contribution < 1.29 is 24.2 Å². The highest BCUT2D eigenvalue weighted by atomic mass is 32.1. The molecule has 0 radical (unpaired) electrons. The van der Waals surface area contributed by atoms with Gasteiger partial charge in [0.05, 0.1) is 12.2 Å². The number of anilines is 1. The lowest BCUT2D eigenvalue weighted by Crippen LogP contribution is -2.32. The predicted octanol–water partition coefficient (Wildman–Crippen LogP) is 5.27. The Balaban J connectivity index is 1.79. The minimum Gasteiger partial charge on any atom is -0.503 e. The van der Waals surface area contributed by atoms with E-state index in [1.165, 1.54) is 9.78 Å². The second-order valence-electron chi connectivity index (χ2n) is 8.56. The molecule has 3 heterocycles. The summed E-state index contributed by atoms with van der Waals surface area (Å²) < 4.78 is 10.9. The number of carbonyl (C=O) groups excluding carboxylic acids is 2. The first-order valence-corrected chi connectivity index (χ1v) is 12.2. The van der Waals surface area contributed by atoms with Gasteiger partial charge in [-0.15, -0.1) is 11.3 Å². The molecule has 0 saturated heterocycles. The number of hydrogen-bond acceptors (Lipinski definition) is 7. The van der Waals surface area contributed by atoms with Crippen LogP contribution >= 0.6 is 11.3 Å². The number of hydrogen-bond donors (Lipinski definition) is 1. The number of methoxy groups -OCH3 is 1. The number of pyridine rings is 1. The highest BCUT2D eigenvalue weighted by molar-refractivity contribution is 7.15. The van der Waals surface area contributed by atoms with Crippen molar-refractivity contribution in [1.29, 1.82) is 0 Å². The number of rotatable bonds is 9. The average Bonchev–Trinajstić information content (AvgIpc) is 3.40. The zero-order valence-corrected chi connectivity index (χ0v) is 21.0. The molecule has 8 heteroatoms. The summed E-state index contributed by atoms with van der Waals surface area (Å²) in [6.45, 7) is 6.14. The van der Waals surface area contributed by atoms with Crippen LogP contribution in [0.2, 0.25) is 0 Å². The number of ether oxygens (including phenoxy) is 2. The molecule has 1 atom stereocenters. The summed E-state index contributed by atoms with van der Waals surface area (Å²) in [4.78, 5) is 34.7. The summed E-state index contributed by atoms with van der Waals surface area (Å²) in [5.41, 5.74) is 2.15. The highest BCUT2D eigenvalue weighted by Gasteiger charge is 2.46. The number of Topliss-reactive ketones (excluding diaryl/α,β-unsaturated/α-hetero) is 1. The van der Waals surface area contributed by atoms with Crippen LogP contribution in [0.3, 0.4) is 0 Å². The van der Waals surface area contributed by atoms with Gasteiger partial charge in [0.15, 0.2) is 11.5 Å². The smallest absolute Gasteiger partial charge is 0.294 e. The van der Waals surface area contributed by atoms with Gasteiger partial charge in [0.1, 0.15) is 12.6 Å². The number of thiophene rings is 1. The summed E-state index contributed by atoms with van der Waals surface area (Å²) in [6.07, 6.45) is 1.58. The molecule has 1 unspecified atom stereocenters. The van der Waals surface area contributed by atoms with E-state index in [9.17, 15) is 14.7 Å². The van der Waals surface area contributed by atoms with Gasteiger partial charge in [-0.1, -0.05) is 26.0 Å². The van der Waals surface area contributed by atoms with Gasteiger partial charge in [0.2, 0.25) is 5.88 Å². The molecule has 1 amide bonds. The van der Waals surface area contributed by atoms with Gasteiger partial charge < -0.3 is 14.6 Å². The summed E-state index contributed by atoms with van der Waals surface area (Å²) in [6, 6.07) is 14.2. The Kier molecular flexibility index (Phi) is 7.33.